The van der Waals surface area contributed by atoms with E-state index in [1.807, 2.05) is 12.1 Å². The molecular formula is C21H25F2N3O3S. The highest BCUT2D eigenvalue weighted by molar-refractivity contribution is 7.89. The highest BCUT2D eigenvalue weighted by Gasteiger charge is 2.34. The molecule has 0 unspecified atom stereocenters. The van der Waals surface area contributed by atoms with Gasteiger partial charge in [0.2, 0.25) is 10.0 Å². The van der Waals surface area contributed by atoms with Crippen LogP contribution in [0.3, 0.4) is 0 Å². The van der Waals surface area contributed by atoms with Crippen LogP contribution in [0, 0.1) is 11.6 Å². The second kappa shape index (κ2) is 8.95. The summed E-state index contributed by atoms with van der Waals surface area (Å²) in [6.07, 6.45) is 6.82. The summed E-state index contributed by atoms with van der Waals surface area (Å²) in [5.41, 5.74) is 0. The summed E-state index contributed by atoms with van der Waals surface area (Å²) in [6.45, 7) is 2.47. The molecule has 2 aliphatic heterocycles. The number of benzene rings is 1. The lowest BCUT2D eigenvalue weighted by molar-refractivity contribution is 0.0585. The highest BCUT2D eigenvalue weighted by atomic mass is 32.2. The third-order valence-electron chi connectivity index (χ3n) is 5.88. The van der Waals surface area contributed by atoms with Gasteiger partial charge in [-0.2, -0.15) is 4.31 Å². The van der Waals surface area contributed by atoms with Gasteiger partial charge in [0.05, 0.1) is 0 Å². The Morgan fingerprint density at radius 2 is 1.60 bits per heavy atom. The summed E-state index contributed by atoms with van der Waals surface area (Å²) in [6, 6.07) is 6.59. The number of sulfonamides is 1. The number of ether oxygens (including phenoxy) is 1. The summed E-state index contributed by atoms with van der Waals surface area (Å²) >= 11 is 0. The van der Waals surface area contributed by atoms with Crippen LogP contribution in [0.4, 0.5) is 8.78 Å². The highest BCUT2D eigenvalue weighted by Crippen LogP contribution is 2.27. The minimum absolute atomic E-state index is 0.172. The van der Waals surface area contributed by atoms with Gasteiger partial charge in [0.15, 0.2) is 0 Å². The van der Waals surface area contributed by atoms with Crippen molar-refractivity contribution in [1.29, 1.82) is 0 Å². The molecule has 6 nitrogen and oxygen atoms in total. The van der Waals surface area contributed by atoms with Gasteiger partial charge < -0.3 is 9.64 Å². The van der Waals surface area contributed by atoms with Crippen molar-refractivity contribution in [1.82, 2.24) is 14.2 Å². The molecule has 162 valence electrons. The Balaban J connectivity index is 1.30. The van der Waals surface area contributed by atoms with Crippen molar-refractivity contribution in [3.05, 3.63) is 54.4 Å². The van der Waals surface area contributed by atoms with Crippen LogP contribution in [0.2, 0.25) is 0 Å². The third kappa shape index (κ3) is 4.63. The predicted octanol–water partition coefficient (Wildman–Crippen LogP) is 3.06. The van der Waals surface area contributed by atoms with Gasteiger partial charge in [0.25, 0.3) is 0 Å². The third-order valence-corrected chi connectivity index (χ3v) is 7.81. The maximum Gasteiger partial charge on any atom is 0.245 e. The van der Waals surface area contributed by atoms with E-state index in [1.54, 1.807) is 12.4 Å². The molecule has 0 saturated carbocycles. The van der Waals surface area contributed by atoms with E-state index in [9.17, 15) is 17.2 Å². The summed E-state index contributed by atoms with van der Waals surface area (Å²) in [4.78, 5) is 5.93. The zero-order chi connectivity index (χ0) is 21.1. The zero-order valence-electron chi connectivity index (χ0n) is 16.6. The topological polar surface area (TPSA) is 62.7 Å². The van der Waals surface area contributed by atoms with Gasteiger partial charge in [-0.15, -0.1) is 0 Å². The van der Waals surface area contributed by atoms with E-state index < -0.39 is 26.6 Å². The van der Waals surface area contributed by atoms with Crippen LogP contribution < -0.4 is 4.74 Å². The lowest BCUT2D eigenvalue weighted by atomic mass is 10.00. The molecule has 0 amide bonds. The molecule has 30 heavy (non-hydrogen) atoms. The van der Waals surface area contributed by atoms with Gasteiger partial charge >= 0.3 is 0 Å². The standard InChI is InChI=1S/C21H25F2N3O3S/c22-16-1-2-21(20(23)15-16)30(27,28)26-13-5-17(6-14-26)25-11-7-19(8-12-25)29-18-3-9-24-10-4-18/h1-4,9-10,15,17,19H,5-8,11-14H2. The maximum atomic E-state index is 14.0. The molecule has 2 aliphatic rings. The fraction of sp³-hybridized carbons (Fsp3) is 0.476. The molecule has 2 saturated heterocycles. The second-order valence-electron chi connectivity index (χ2n) is 7.75. The molecule has 0 atom stereocenters. The van der Waals surface area contributed by atoms with Gasteiger partial charge in [0.1, 0.15) is 28.4 Å². The zero-order valence-corrected chi connectivity index (χ0v) is 17.4. The second-order valence-corrected chi connectivity index (χ2v) is 9.65. The van der Waals surface area contributed by atoms with Gasteiger partial charge in [-0.3, -0.25) is 4.98 Å². The van der Waals surface area contributed by atoms with Crippen molar-refractivity contribution in [2.24, 2.45) is 0 Å². The van der Waals surface area contributed by atoms with Crippen LogP contribution >= 0.6 is 0 Å². The van der Waals surface area contributed by atoms with Crippen molar-refractivity contribution >= 4 is 10.0 Å². The molecule has 0 aliphatic carbocycles. The van der Waals surface area contributed by atoms with Gasteiger partial charge in [-0.05, 0) is 49.9 Å². The lowest BCUT2D eigenvalue weighted by Gasteiger charge is -2.41. The maximum absolute atomic E-state index is 14.0. The molecule has 3 heterocycles. The Morgan fingerprint density at radius 1 is 0.933 bits per heavy atom. The van der Waals surface area contributed by atoms with Gasteiger partial charge in [-0.1, -0.05) is 0 Å². The number of nitrogens with zero attached hydrogens (tertiary/aromatic N) is 3. The summed E-state index contributed by atoms with van der Waals surface area (Å²) in [5.74, 6) is -1.01. The first-order valence-electron chi connectivity index (χ1n) is 10.2. The first kappa shape index (κ1) is 21.1. The fourth-order valence-electron chi connectivity index (χ4n) is 4.24. The monoisotopic (exact) mass is 437 g/mol. The molecule has 0 radical (unpaired) electrons. The van der Waals surface area contributed by atoms with E-state index in [1.165, 1.54) is 4.31 Å². The molecule has 1 aromatic heterocycles. The van der Waals surface area contributed by atoms with Crippen LogP contribution in [0.5, 0.6) is 5.75 Å². The summed E-state index contributed by atoms with van der Waals surface area (Å²) in [5, 5.41) is 0. The molecule has 9 heteroatoms. The van der Waals surface area contributed by atoms with Crippen molar-refractivity contribution in [2.75, 3.05) is 26.2 Å². The van der Waals surface area contributed by atoms with Crippen LogP contribution in [0.15, 0.2) is 47.6 Å². The number of aromatic nitrogens is 1. The predicted molar refractivity (Wildman–Crippen MR) is 108 cm³/mol. The molecule has 4 rings (SSSR count). The number of pyridine rings is 1. The minimum atomic E-state index is -3.96. The average molecular weight is 438 g/mol. The molecule has 0 N–H and O–H groups in total. The minimum Gasteiger partial charge on any atom is -0.490 e. The van der Waals surface area contributed by atoms with Crippen LogP contribution in [0.25, 0.3) is 0 Å². The number of rotatable bonds is 5. The number of piperidine rings is 2. The van der Waals surface area contributed by atoms with Crippen LogP contribution in [0.1, 0.15) is 25.7 Å². The van der Waals surface area contributed by atoms with Crippen molar-refractivity contribution in [3.8, 4) is 5.75 Å². The quantitative estimate of drug-likeness (QED) is 0.720. The Kier molecular flexibility index (Phi) is 6.31. The fourth-order valence-corrected chi connectivity index (χ4v) is 5.75. The van der Waals surface area contributed by atoms with Crippen molar-refractivity contribution in [3.63, 3.8) is 0 Å². The SMILES string of the molecule is O=S(=O)(c1ccc(F)cc1F)N1CCC(N2CCC(Oc3ccncc3)CC2)CC1. The average Bonchev–Trinajstić information content (AvgIpc) is 2.75. The smallest absolute Gasteiger partial charge is 0.245 e. The van der Waals surface area contributed by atoms with E-state index in [0.717, 1.165) is 43.8 Å². The van der Waals surface area contributed by atoms with Crippen molar-refractivity contribution in [2.45, 2.75) is 42.7 Å². The number of hydrogen-bond acceptors (Lipinski definition) is 5. The van der Waals surface area contributed by atoms with Gasteiger partial charge in [0, 0.05) is 50.7 Å². The van der Waals surface area contributed by atoms with Gasteiger partial charge in [-0.25, -0.2) is 17.2 Å². The Bertz CT molecular complexity index is 959. The molecule has 1 aromatic carbocycles. The van der Waals surface area contributed by atoms with Crippen LogP contribution in [-0.4, -0.2) is 60.9 Å². The van der Waals surface area contributed by atoms with Crippen LogP contribution in [-0.2, 0) is 10.0 Å². The molecule has 2 aromatic rings. The lowest BCUT2D eigenvalue weighted by Crippen LogP contribution is -2.50. The molecule has 0 spiro atoms. The van der Waals surface area contributed by atoms with E-state index >= 15 is 0 Å². The van der Waals surface area contributed by atoms with E-state index in [-0.39, 0.29) is 6.10 Å². The number of likely N-dealkylation sites (tertiary alicyclic amines) is 1. The number of hydrogen-bond donors (Lipinski definition) is 0. The largest absolute Gasteiger partial charge is 0.490 e. The Labute approximate surface area is 175 Å². The first-order chi connectivity index (χ1) is 14.4. The molecule has 0 bridgehead atoms. The molecule has 2 fully saturated rings. The Morgan fingerprint density at radius 3 is 2.23 bits per heavy atom. The first-order valence-corrected chi connectivity index (χ1v) is 11.6. The van der Waals surface area contributed by atoms with E-state index in [0.29, 0.717) is 38.0 Å². The van der Waals surface area contributed by atoms with E-state index in [4.69, 9.17) is 4.74 Å². The Hall–Kier alpha value is -2.10. The molecular weight excluding hydrogens is 412 g/mol. The van der Waals surface area contributed by atoms with Crippen molar-refractivity contribution < 1.29 is 21.9 Å². The number of halogens is 2. The normalized spacial score (nSPS) is 20.3. The van der Waals surface area contributed by atoms with E-state index in [2.05, 4.69) is 9.88 Å². The summed E-state index contributed by atoms with van der Waals surface area (Å²) in [7, 11) is -3.96. The summed E-state index contributed by atoms with van der Waals surface area (Å²) < 4.78 is 59.9.